The van der Waals surface area contributed by atoms with Crippen molar-refractivity contribution in [2.75, 3.05) is 11.1 Å². The van der Waals surface area contributed by atoms with Crippen LogP contribution in [0.25, 0.3) is 0 Å². The summed E-state index contributed by atoms with van der Waals surface area (Å²) in [6, 6.07) is 7.19. The summed E-state index contributed by atoms with van der Waals surface area (Å²) >= 11 is 0. The third-order valence-electron chi connectivity index (χ3n) is 3.13. The van der Waals surface area contributed by atoms with Crippen molar-refractivity contribution in [2.45, 2.75) is 33.1 Å². The molecule has 0 atom stereocenters. The van der Waals surface area contributed by atoms with E-state index >= 15 is 0 Å². The second-order valence-corrected chi connectivity index (χ2v) is 5.95. The zero-order valence-electron chi connectivity index (χ0n) is 12.2. The number of benzene rings is 1. The lowest BCUT2D eigenvalue weighted by atomic mass is 9.92. The van der Waals surface area contributed by atoms with Gasteiger partial charge in [0.25, 0.3) is 5.91 Å². The molecule has 0 aliphatic rings. The molecule has 0 aliphatic carbocycles. The van der Waals surface area contributed by atoms with E-state index in [1.165, 1.54) is 0 Å². The van der Waals surface area contributed by atoms with Crippen molar-refractivity contribution in [2.24, 2.45) is 0 Å². The van der Waals surface area contributed by atoms with Gasteiger partial charge in [-0.15, -0.1) is 0 Å². The molecule has 0 radical (unpaired) electrons. The number of nitrogen functional groups attached to an aromatic ring is 1. The Hall–Kier alpha value is -2.30. The SMILES string of the molecule is Cc1ccc(N)cc1NC(=O)c1cc(C(C)(C)C)[nH]n1. The van der Waals surface area contributed by atoms with Crippen molar-refractivity contribution in [3.05, 3.63) is 41.2 Å². The number of rotatable bonds is 2. The van der Waals surface area contributed by atoms with E-state index in [9.17, 15) is 4.79 Å². The van der Waals surface area contributed by atoms with Crippen LogP contribution in [0.2, 0.25) is 0 Å². The van der Waals surface area contributed by atoms with Crippen LogP contribution in [0.4, 0.5) is 11.4 Å². The van der Waals surface area contributed by atoms with Gasteiger partial charge in [-0.05, 0) is 30.7 Å². The Morgan fingerprint density at radius 1 is 1.30 bits per heavy atom. The molecule has 0 spiro atoms. The Labute approximate surface area is 118 Å². The lowest BCUT2D eigenvalue weighted by molar-refractivity contribution is 0.102. The van der Waals surface area contributed by atoms with E-state index in [1.54, 1.807) is 18.2 Å². The summed E-state index contributed by atoms with van der Waals surface area (Å²) in [6.07, 6.45) is 0. The molecule has 2 rings (SSSR count). The van der Waals surface area contributed by atoms with Crippen LogP contribution < -0.4 is 11.1 Å². The lowest BCUT2D eigenvalue weighted by Crippen LogP contribution is -2.14. The molecule has 1 amide bonds. The van der Waals surface area contributed by atoms with E-state index in [0.717, 1.165) is 11.3 Å². The second-order valence-electron chi connectivity index (χ2n) is 5.95. The first kappa shape index (κ1) is 14.1. The summed E-state index contributed by atoms with van der Waals surface area (Å²) in [5.74, 6) is -0.245. The molecular weight excluding hydrogens is 252 g/mol. The van der Waals surface area contributed by atoms with Gasteiger partial charge in [-0.2, -0.15) is 5.10 Å². The van der Waals surface area contributed by atoms with E-state index in [4.69, 9.17) is 5.73 Å². The number of amides is 1. The van der Waals surface area contributed by atoms with Gasteiger partial charge in [0, 0.05) is 22.5 Å². The zero-order chi connectivity index (χ0) is 14.9. The van der Waals surface area contributed by atoms with Crippen LogP contribution in [0.5, 0.6) is 0 Å². The molecule has 20 heavy (non-hydrogen) atoms. The number of hydrogen-bond acceptors (Lipinski definition) is 3. The van der Waals surface area contributed by atoms with E-state index in [1.807, 2.05) is 13.0 Å². The number of nitrogens with zero attached hydrogens (tertiary/aromatic N) is 1. The van der Waals surface area contributed by atoms with Crippen LogP contribution in [-0.4, -0.2) is 16.1 Å². The van der Waals surface area contributed by atoms with Gasteiger partial charge >= 0.3 is 0 Å². The predicted molar refractivity (Wildman–Crippen MR) is 80.8 cm³/mol. The van der Waals surface area contributed by atoms with Crippen LogP contribution in [0, 0.1) is 6.92 Å². The maximum absolute atomic E-state index is 12.2. The highest BCUT2D eigenvalue weighted by Crippen LogP contribution is 2.22. The minimum atomic E-state index is -0.245. The molecule has 0 aliphatic heterocycles. The summed E-state index contributed by atoms with van der Waals surface area (Å²) in [6.45, 7) is 8.10. The van der Waals surface area contributed by atoms with Gasteiger partial charge in [-0.1, -0.05) is 26.8 Å². The summed E-state index contributed by atoms with van der Waals surface area (Å²) in [4.78, 5) is 12.2. The van der Waals surface area contributed by atoms with Crippen molar-refractivity contribution in [1.29, 1.82) is 0 Å². The summed E-state index contributed by atoms with van der Waals surface area (Å²) in [5, 5.41) is 9.80. The quantitative estimate of drug-likeness (QED) is 0.735. The fourth-order valence-electron chi connectivity index (χ4n) is 1.78. The van der Waals surface area contributed by atoms with Crippen molar-refractivity contribution >= 4 is 17.3 Å². The molecule has 2 aromatic rings. The zero-order valence-corrected chi connectivity index (χ0v) is 12.2. The number of aromatic amines is 1. The molecule has 106 valence electrons. The highest BCUT2D eigenvalue weighted by Gasteiger charge is 2.19. The van der Waals surface area contributed by atoms with Crippen molar-refractivity contribution in [1.82, 2.24) is 10.2 Å². The Morgan fingerprint density at radius 2 is 2.00 bits per heavy atom. The van der Waals surface area contributed by atoms with Crippen LogP contribution in [0.3, 0.4) is 0 Å². The molecule has 0 saturated carbocycles. The number of carbonyl (C=O) groups excluding carboxylic acids is 1. The first-order valence-electron chi connectivity index (χ1n) is 6.51. The smallest absolute Gasteiger partial charge is 0.276 e. The predicted octanol–water partition coefficient (Wildman–Crippen LogP) is 2.85. The van der Waals surface area contributed by atoms with Gasteiger partial charge in [-0.3, -0.25) is 9.89 Å². The van der Waals surface area contributed by atoms with E-state index in [2.05, 4.69) is 36.3 Å². The second kappa shape index (κ2) is 5.00. The van der Waals surface area contributed by atoms with Crippen molar-refractivity contribution in [3.63, 3.8) is 0 Å². The Bertz CT molecular complexity index is 638. The lowest BCUT2D eigenvalue weighted by Gasteiger charge is -2.14. The van der Waals surface area contributed by atoms with Gasteiger partial charge in [0.1, 0.15) is 0 Å². The molecule has 0 saturated heterocycles. The van der Waals surface area contributed by atoms with Crippen LogP contribution in [0.1, 0.15) is 42.5 Å². The standard InChI is InChI=1S/C15H20N4O/c1-9-5-6-10(16)7-11(9)17-14(20)12-8-13(19-18-12)15(2,3)4/h5-8H,16H2,1-4H3,(H,17,20)(H,18,19). The maximum atomic E-state index is 12.2. The molecule has 1 aromatic heterocycles. The number of nitrogens with two attached hydrogens (primary N) is 1. The third-order valence-corrected chi connectivity index (χ3v) is 3.13. The number of carbonyl (C=O) groups is 1. The number of H-pyrrole nitrogens is 1. The topological polar surface area (TPSA) is 83.8 Å². The largest absolute Gasteiger partial charge is 0.399 e. The van der Waals surface area contributed by atoms with Crippen LogP contribution >= 0.6 is 0 Å². The van der Waals surface area contributed by atoms with Gasteiger partial charge in [0.15, 0.2) is 5.69 Å². The van der Waals surface area contributed by atoms with Crippen molar-refractivity contribution < 1.29 is 4.79 Å². The van der Waals surface area contributed by atoms with Crippen LogP contribution in [-0.2, 0) is 5.41 Å². The van der Waals surface area contributed by atoms with Gasteiger partial charge in [0.05, 0.1) is 0 Å². The average molecular weight is 272 g/mol. The molecule has 0 unspecified atom stereocenters. The summed E-state index contributed by atoms with van der Waals surface area (Å²) < 4.78 is 0. The van der Waals surface area contributed by atoms with E-state index in [0.29, 0.717) is 17.1 Å². The molecule has 0 fully saturated rings. The fourth-order valence-corrected chi connectivity index (χ4v) is 1.78. The molecular formula is C15H20N4O. The summed E-state index contributed by atoms with van der Waals surface area (Å²) in [5.41, 5.74) is 9.23. The monoisotopic (exact) mass is 272 g/mol. The van der Waals surface area contributed by atoms with Gasteiger partial charge < -0.3 is 11.1 Å². The minimum absolute atomic E-state index is 0.0708. The molecule has 1 aromatic carbocycles. The molecule has 4 N–H and O–H groups in total. The number of anilines is 2. The Morgan fingerprint density at radius 3 is 2.60 bits per heavy atom. The molecule has 1 heterocycles. The minimum Gasteiger partial charge on any atom is -0.399 e. The first-order chi connectivity index (χ1) is 9.27. The van der Waals surface area contributed by atoms with Crippen LogP contribution in [0.15, 0.2) is 24.3 Å². The fraction of sp³-hybridized carbons (Fsp3) is 0.333. The molecule has 0 bridgehead atoms. The highest BCUT2D eigenvalue weighted by molar-refractivity contribution is 6.03. The van der Waals surface area contributed by atoms with Crippen molar-refractivity contribution in [3.8, 4) is 0 Å². The number of nitrogens with one attached hydrogen (secondary N) is 2. The first-order valence-corrected chi connectivity index (χ1v) is 6.51. The van der Waals surface area contributed by atoms with E-state index in [-0.39, 0.29) is 11.3 Å². The highest BCUT2D eigenvalue weighted by atomic mass is 16.1. The van der Waals surface area contributed by atoms with E-state index < -0.39 is 0 Å². The third kappa shape index (κ3) is 2.99. The summed E-state index contributed by atoms with van der Waals surface area (Å²) in [7, 11) is 0. The number of aryl methyl sites for hydroxylation is 1. The molecule has 5 heteroatoms. The van der Waals surface area contributed by atoms with Gasteiger partial charge in [-0.25, -0.2) is 0 Å². The maximum Gasteiger partial charge on any atom is 0.276 e. The normalized spacial score (nSPS) is 11.4. The number of aromatic nitrogens is 2. The Kier molecular flexibility index (Phi) is 3.53. The molecule has 5 nitrogen and oxygen atoms in total. The van der Waals surface area contributed by atoms with Gasteiger partial charge in [0.2, 0.25) is 0 Å². The Balaban J connectivity index is 2.20. The number of hydrogen-bond donors (Lipinski definition) is 3. The average Bonchev–Trinajstić information content (AvgIpc) is 2.83.